The molecule has 4 nitrogen and oxygen atoms in total. The van der Waals surface area contributed by atoms with Gasteiger partial charge in [-0.05, 0) is 0 Å². The highest BCUT2D eigenvalue weighted by Crippen LogP contribution is 2.44. The predicted molar refractivity (Wildman–Crippen MR) is 88.4 cm³/mol. The molecule has 0 atom stereocenters. The van der Waals surface area contributed by atoms with E-state index in [0.717, 1.165) is 0 Å². The van der Waals surface area contributed by atoms with E-state index < -0.39 is 0 Å². The van der Waals surface area contributed by atoms with Gasteiger partial charge in [0.05, 0.1) is 47.6 Å². The molecule has 0 spiro atoms. The van der Waals surface area contributed by atoms with Crippen molar-refractivity contribution in [2.24, 2.45) is 0 Å². The highest BCUT2D eigenvalue weighted by atomic mass is 35.5. The SMILES string of the molecule is N#Cc1c(Cl)c(Cl)c(Nc2c(Cl)cncc2Cl)c(Cl)c1C#N. The van der Waals surface area contributed by atoms with Gasteiger partial charge < -0.3 is 5.32 Å². The number of hydrogen-bond acceptors (Lipinski definition) is 4. The topological polar surface area (TPSA) is 72.5 Å². The highest BCUT2D eigenvalue weighted by Gasteiger charge is 2.22. The van der Waals surface area contributed by atoms with Gasteiger partial charge in [0, 0.05) is 12.4 Å². The fourth-order valence-corrected chi connectivity index (χ4v) is 2.89. The number of anilines is 2. The van der Waals surface area contributed by atoms with Crippen LogP contribution in [0.15, 0.2) is 12.4 Å². The van der Waals surface area contributed by atoms with E-state index in [1.807, 2.05) is 6.07 Å². The molecule has 1 N–H and O–H groups in total. The first kappa shape index (κ1) is 17.0. The molecule has 1 aromatic heterocycles. The number of pyridine rings is 1. The molecule has 1 heterocycles. The number of rotatable bonds is 2. The van der Waals surface area contributed by atoms with Crippen LogP contribution >= 0.6 is 58.0 Å². The first-order chi connectivity index (χ1) is 10.4. The van der Waals surface area contributed by atoms with Crippen LogP contribution in [0.2, 0.25) is 25.1 Å². The van der Waals surface area contributed by atoms with Gasteiger partial charge in [0.25, 0.3) is 0 Å². The lowest BCUT2D eigenvalue weighted by Gasteiger charge is -2.15. The Bertz CT molecular complexity index is 831. The molecule has 0 bridgehead atoms. The van der Waals surface area contributed by atoms with Crippen LogP contribution in [0.4, 0.5) is 11.4 Å². The summed E-state index contributed by atoms with van der Waals surface area (Å²) in [5, 5.41) is 21.3. The third kappa shape index (κ3) is 2.90. The third-order valence-electron chi connectivity index (χ3n) is 2.65. The average Bonchev–Trinajstić information content (AvgIpc) is 2.49. The smallest absolute Gasteiger partial charge is 0.102 e. The summed E-state index contributed by atoms with van der Waals surface area (Å²) >= 11 is 30.3. The Hall–Kier alpha value is -1.40. The Morgan fingerprint density at radius 3 is 1.77 bits per heavy atom. The number of nitrogens with one attached hydrogen (secondary N) is 1. The molecule has 0 saturated carbocycles. The van der Waals surface area contributed by atoms with Crippen molar-refractivity contribution >= 4 is 69.4 Å². The van der Waals surface area contributed by atoms with Crippen LogP contribution in [-0.2, 0) is 0 Å². The average molecular weight is 392 g/mol. The summed E-state index contributed by atoms with van der Waals surface area (Å²) in [5.41, 5.74) is 0.227. The van der Waals surface area contributed by atoms with E-state index in [2.05, 4.69) is 10.3 Å². The number of benzene rings is 1. The molecule has 0 aliphatic carbocycles. The van der Waals surface area contributed by atoms with E-state index in [-0.39, 0.29) is 41.9 Å². The summed E-state index contributed by atoms with van der Waals surface area (Å²) in [6, 6.07) is 3.62. The van der Waals surface area contributed by atoms with E-state index >= 15 is 0 Å². The van der Waals surface area contributed by atoms with Crippen LogP contribution in [0.3, 0.4) is 0 Å². The Morgan fingerprint density at radius 1 is 0.773 bits per heavy atom. The minimum absolute atomic E-state index is 0.0221. The summed E-state index contributed by atoms with van der Waals surface area (Å²) in [5.74, 6) is 0. The van der Waals surface area contributed by atoms with Crippen molar-refractivity contribution in [3.63, 3.8) is 0 Å². The van der Waals surface area contributed by atoms with E-state index in [0.29, 0.717) is 5.69 Å². The third-order valence-corrected chi connectivity index (χ3v) is 4.45. The molecule has 2 aromatic rings. The molecule has 110 valence electrons. The number of hydrogen-bond donors (Lipinski definition) is 1. The van der Waals surface area contributed by atoms with E-state index in [1.54, 1.807) is 6.07 Å². The molecule has 0 amide bonds. The summed E-state index contributed by atoms with van der Waals surface area (Å²) in [4.78, 5) is 3.82. The molecule has 0 radical (unpaired) electrons. The summed E-state index contributed by atoms with van der Waals surface area (Å²) in [6.45, 7) is 0. The minimum atomic E-state index is -0.100. The Balaban J connectivity index is 2.71. The lowest BCUT2D eigenvalue weighted by Crippen LogP contribution is -1.99. The van der Waals surface area contributed by atoms with E-state index in [4.69, 9.17) is 68.5 Å². The molecular formula is C13H3Cl5N4. The molecule has 0 unspecified atom stereocenters. The fourth-order valence-electron chi connectivity index (χ4n) is 1.64. The largest absolute Gasteiger partial charge is 0.350 e. The molecule has 9 heteroatoms. The Morgan fingerprint density at radius 2 is 1.27 bits per heavy atom. The zero-order valence-electron chi connectivity index (χ0n) is 10.4. The van der Waals surface area contributed by atoms with Gasteiger partial charge in [-0.15, -0.1) is 0 Å². The zero-order chi connectivity index (χ0) is 16.4. The first-order valence-electron chi connectivity index (χ1n) is 5.49. The number of aromatic nitrogens is 1. The second-order valence-electron chi connectivity index (χ2n) is 3.89. The van der Waals surface area contributed by atoms with Crippen LogP contribution in [0.5, 0.6) is 0 Å². The van der Waals surface area contributed by atoms with Gasteiger partial charge in [-0.1, -0.05) is 58.0 Å². The summed E-state index contributed by atoms with van der Waals surface area (Å²) in [7, 11) is 0. The van der Waals surface area contributed by atoms with Crippen molar-refractivity contribution in [1.82, 2.24) is 4.98 Å². The quantitative estimate of drug-likeness (QED) is 0.652. The van der Waals surface area contributed by atoms with Gasteiger partial charge in [-0.25, -0.2) is 0 Å². The van der Waals surface area contributed by atoms with Crippen LogP contribution in [-0.4, -0.2) is 4.98 Å². The van der Waals surface area contributed by atoms with Crippen molar-refractivity contribution < 1.29 is 0 Å². The summed E-state index contributed by atoms with van der Waals surface area (Å²) < 4.78 is 0. The van der Waals surface area contributed by atoms with Crippen LogP contribution in [0.1, 0.15) is 11.1 Å². The molecule has 0 fully saturated rings. The maximum Gasteiger partial charge on any atom is 0.102 e. The van der Waals surface area contributed by atoms with Crippen molar-refractivity contribution in [3.05, 3.63) is 48.6 Å². The van der Waals surface area contributed by atoms with Crippen molar-refractivity contribution in [2.45, 2.75) is 0 Å². The number of nitriles is 2. The van der Waals surface area contributed by atoms with Gasteiger partial charge in [-0.2, -0.15) is 10.5 Å². The molecule has 0 saturated heterocycles. The van der Waals surface area contributed by atoms with E-state index in [1.165, 1.54) is 12.4 Å². The highest BCUT2D eigenvalue weighted by molar-refractivity contribution is 6.48. The first-order valence-corrected chi connectivity index (χ1v) is 7.38. The fraction of sp³-hybridized carbons (Fsp3) is 0. The van der Waals surface area contributed by atoms with Gasteiger partial charge in [0.1, 0.15) is 12.1 Å². The maximum atomic E-state index is 9.17. The zero-order valence-corrected chi connectivity index (χ0v) is 14.2. The predicted octanol–water partition coefficient (Wildman–Crippen LogP) is 5.84. The Kier molecular flexibility index (Phi) is 5.24. The molecular weight excluding hydrogens is 389 g/mol. The lowest BCUT2D eigenvalue weighted by atomic mass is 10.1. The van der Waals surface area contributed by atoms with E-state index in [9.17, 15) is 0 Å². The normalized spacial score (nSPS) is 9.95. The number of nitrogens with zero attached hydrogens (tertiary/aromatic N) is 3. The summed E-state index contributed by atoms with van der Waals surface area (Å²) in [6.07, 6.45) is 2.74. The van der Waals surface area contributed by atoms with Crippen LogP contribution < -0.4 is 5.32 Å². The molecule has 0 aliphatic rings. The monoisotopic (exact) mass is 390 g/mol. The standard InChI is InChI=1S/C13H3Cl5N4/c14-7-3-21-4-8(15)12(7)22-13-10(17)6(2-20)5(1-19)9(16)11(13)18/h3-4H,(H,21,22). The maximum absolute atomic E-state index is 9.17. The molecule has 1 aromatic carbocycles. The van der Waals surface area contributed by atoms with Crippen LogP contribution in [0.25, 0.3) is 0 Å². The molecule has 22 heavy (non-hydrogen) atoms. The second-order valence-corrected chi connectivity index (χ2v) is 5.84. The molecule has 0 aliphatic heterocycles. The van der Waals surface area contributed by atoms with Crippen LogP contribution in [0, 0.1) is 22.7 Å². The van der Waals surface area contributed by atoms with Gasteiger partial charge in [0.2, 0.25) is 0 Å². The number of halogens is 5. The van der Waals surface area contributed by atoms with Crippen molar-refractivity contribution in [2.75, 3.05) is 5.32 Å². The Labute approximate surface area is 150 Å². The van der Waals surface area contributed by atoms with Gasteiger partial charge in [0.15, 0.2) is 0 Å². The lowest BCUT2D eigenvalue weighted by molar-refractivity contribution is 1.32. The van der Waals surface area contributed by atoms with Crippen molar-refractivity contribution in [1.29, 1.82) is 10.5 Å². The van der Waals surface area contributed by atoms with Crippen molar-refractivity contribution in [3.8, 4) is 12.1 Å². The van der Waals surface area contributed by atoms with Gasteiger partial charge >= 0.3 is 0 Å². The second kappa shape index (κ2) is 6.79. The van der Waals surface area contributed by atoms with Gasteiger partial charge in [-0.3, -0.25) is 4.98 Å². The molecule has 2 rings (SSSR count). The minimum Gasteiger partial charge on any atom is -0.350 e.